The first kappa shape index (κ1) is 26.8. The highest BCUT2D eigenvalue weighted by atomic mass is 16.3. The first-order chi connectivity index (χ1) is 16.3. The normalized spacial score (nSPS) is 14.3. The fraction of sp³-hybridized carbons (Fsp3) is 0.360. The van der Waals surface area contributed by atoms with Gasteiger partial charge in [0.05, 0.1) is 12.6 Å². The number of carbonyl (C=O) groups is 2. The first-order valence-electron chi connectivity index (χ1n) is 11.3. The summed E-state index contributed by atoms with van der Waals surface area (Å²) in [6.07, 6.45) is 0.623. The molecule has 0 aliphatic carbocycles. The molecule has 2 aromatic carbocycles. The standard InChI is InChI=1S/C25H35N6O3/c1-17(32)21(13-8-14-29-25(27)28)30-24(34)22(16-19-11-6-3-7-12-19)31-23(33)20(26)15-18-9-4-2-5-10-18/h2-7,9-12,17,20-22,32H,1,8,13-16,26H2,(H,30,34)(H,31,33)(H4,27,28,29)/q-1/p+1/t17-,20-,21+,22+/m1/s1. The Hall–Kier alpha value is -3.43. The summed E-state index contributed by atoms with van der Waals surface area (Å²) in [6, 6.07) is 16.5. The molecule has 0 aliphatic heterocycles. The van der Waals surface area contributed by atoms with Gasteiger partial charge in [-0.1, -0.05) is 66.8 Å². The summed E-state index contributed by atoms with van der Waals surface area (Å²) in [5.74, 6) is -0.743. The molecule has 0 fully saturated rings. The molecule has 0 spiro atoms. The number of carbonyl (C=O) groups excluding carboxylic acids is 2. The van der Waals surface area contributed by atoms with Crippen LogP contribution in [0.25, 0.3) is 0 Å². The molecule has 0 unspecified atom stereocenters. The van der Waals surface area contributed by atoms with Gasteiger partial charge in [0.1, 0.15) is 6.04 Å². The summed E-state index contributed by atoms with van der Waals surface area (Å²) in [7, 11) is 0. The predicted molar refractivity (Wildman–Crippen MR) is 132 cm³/mol. The van der Waals surface area contributed by atoms with Gasteiger partial charge in [-0.15, -0.1) is 0 Å². The highest BCUT2D eigenvalue weighted by Crippen LogP contribution is 2.08. The Balaban J connectivity index is 2.07. The zero-order valence-corrected chi connectivity index (χ0v) is 19.3. The minimum atomic E-state index is -1.03. The number of hydrogen-bond acceptors (Lipinski definition) is 4. The molecule has 0 saturated carbocycles. The van der Waals surface area contributed by atoms with Crippen LogP contribution in [0, 0.1) is 6.92 Å². The van der Waals surface area contributed by atoms with Crippen molar-refractivity contribution in [3.8, 4) is 0 Å². The summed E-state index contributed by atoms with van der Waals surface area (Å²) in [4.78, 5) is 28.8. The van der Waals surface area contributed by atoms with Gasteiger partial charge in [0.15, 0.2) is 0 Å². The van der Waals surface area contributed by atoms with Gasteiger partial charge in [-0.3, -0.25) is 26.0 Å². The van der Waals surface area contributed by atoms with Crippen molar-refractivity contribution in [1.82, 2.24) is 10.6 Å². The molecule has 9 nitrogen and oxygen atoms in total. The van der Waals surface area contributed by atoms with Crippen molar-refractivity contribution in [3.63, 3.8) is 0 Å². The molecule has 0 saturated heterocycles. The third-order valence-electron chi connectivity index (χ3n) is 5.36. The average Bonchev–Trinajstić information content (AvgIpc) is 2.81. The van der Waals surface area contributed by atoms with E-state index in [4.69, 9.17) is 17.2 Å². The molecular weight excluding hydrogens is 432 g/mol. The van der Waals surface area contributed by atoms with Crippen molar-refractivity contribution in [2.75, 3.05) is 6.54 Å². The van der Waals surface area contributed by atoms with Crippen LogP contribution in [-0.4, -0.2) is 53.7 Å². The number of amides is 2. The van der Waals surface area contributed by atoms with E-state index in [1.54, 1.807) is 0 Å². The Morgan fingerprint density at radius 2 is 1.47 bits per heavy atom. The Morgan fingerprint density at radius 3 is 2.00 bits per heavy atom. The van der Waals surface area contributed by atoms with Crippen molar-refractivity contribution in [1.29, 1.82) is 0 Å². The molecule has 10 N–H and O–H groups in total. The number of nitrogens with one attached hydrogen (secondary N) is 3. The van der Waals surface area contributed by atoms with Gasteiger partial charge >= 0.3 is 5.96 Å². The van der Waals surface area contributed by atoms with Crippen LogP contribution in [0.15, 0.2) is 60.7 Å². The summed E-state index contributed by atoms with van der Waals surface area (Å²) in [5, 5.41) is 15.7. The monoisotopic (exact) mass is 468 g/mol. The lowest BCUT2D eigenvalue weighted by atomic mass is 10.0. The second kappa shape index (κ2) is 14.0. The zero-order chi connectivity index (χ0) is 24.9. The molecule has 2 amide bonds. The van der Waals surface area contributed by atoms with Crippen molar-refractivity contribution in [2.45, 2.75) is 49.9 Å². The Labute approximate surface area is 200 Å². The maximum Gasteiger partial charge on any atom is 0.338 e. The predicted octanol–water partition coefficient (Wildman–Crippen LogP) is -1.90. The lowest BCUT2D eigenvalue weighted by Gasteiger charge is -2.28. The first-order valence-corrected chi connectivity index (χ1v) is 11.3. The number of guanidine groups is 1. The number of hydrogen-bond donors (Lipinski definition) is 7. The van der Waals surface area contributed by atoms with Crippen LogP contribution >= 0.6 is 0 Å². The zero-order valence-electron chi connectivity index (χ0n) is 19.3. The largest absolute Gasteiger partial charge is 0.423 e. The summed E-state index contributed by atoms with van der Waals surface area (Å²) >= 11 is 0. The summed E-state index contributed by atoms with van der Waals surface area (Å²) in [5.41, 5.74) is 18.7. The van der Waals surface area contributed by atoms with Crippen molar-refractivity contribution in [2.24, 2.45) is 17.2 Å². The fourth-order valence-corrected chi connectivity index (χ4v) is 3.50. The maximum absolute atomic E-state index is 13.2. The van der Waals surface area contributed by atoms with Crippen LogP contribution in [0.3, 0.4) is 0 Å². The van der Waals surface area contributed by atoms with Crippen molar-refractivity contribution < 1.29 is 19.7 Å². The quantitative estimate of drug-likeness (QED) is 0.0783. The number of nitrogens with two attached hydrogens (primary N) is 3. The second-order valence-electron chi connectivity index (χ2n) is 8.25. The number of rotatable bonds is 13. The topological polar surface area (TPSA) is 170 Å². The Bertz CT molecular complexity index is 917. The van der Waals surface area contributed by atoms with E-state index in [1.165, 1.54) is 0 Å². The molecule has 0 heterocycles. The summed E-state index contributed by atoms with van der Waals surface area (Å²) in [6.45, 7) is 4.13. The second-order valence-corrected chi connectivity index (χ2v) is 8.25. The van der Waals surface area contributed by atoms with E-state index in [-0.39, 0.29) is 12.4 Å². The Morgan fingerprint density at radius 1 is 0.912 bits per heavy atom. The van der Waals surface area contributed by atoms with Gasteiger partial charge in [-0.05, 0) is 30.4 Å². The van der Waals surface area contributed by atoms with E-state index in [1.807, 2.05) is 60.7 Å². The molecular formula is C25H36N6O3. The van der Waals surface area contributed by atoms with Crippen LogP contribution < -0.4 is 32.8 Å². The van der Waals surface area contributed by atoms with Crippen LogP contribution in [0.5, 0.6) is 0 Å². The van der Waals surface area contributed by atoms with Gasteiger partial charge in [0.25, 0.3) is 0 Å². The number of aliphatic hydroxyl groups excluding tert-OH is 1. The van der Waals surface area contributed by atoms with E-state index in [0.717, 1.165) is 11.1 Å². The van der Waals surface area contributed by atoms with Gasteiger partial charge in [0, 0.05) is 12.5 Å². The van der Waals surface area contributed by atoms with Gasteiger partial charge in [0.2, 0.25) is 11.8 Å². The van der Waals surface area contributed by atoms with E-state index in [0.29, 0.717) is 25.8 Å². The Kier molecular flexibility index (Phi) is 11.0. The van der Waals surface area contributed by atoms with Crippen LogP contribution in [-0.2, 0) is 22.4 Å². The maximum atomic E-state index is 13.2. The molecule has 2 rings (SSSR count). The fourth-order valence-electron chi connectivity index (χ4n) is 3.50. The van der Waals surface area contributed by atoms with Gasteiger partial charge in [-0.25, -0.2) is 0 Å². The van der Waals surface area contributed by atoms with Crippen LogP contribution in [0.2, 0.25) is 0 Å². The highest BCUT2D eigenvalue weighted by molar-refractivity contribution is 5.90. The highest BCUT2D eigenvalue weighted by Gasteiger charge is 2.26. The minimum Gasteiger partial charge on any atom is -0.423 e. The van der Waals surface area contributed by atoms with E-state index >= 15 is 0 Å². The SMILES string of the molecule is [CH2-][C@@H](O)[C@H](CCC[NH+]=C(N)N)NC(=O)[C@H](Cc1ccccc1)NC(=O)[C@H](N)Cc1ccccc1. The smallest absolute Gasteiger partial charge is 0.338 e. The molecule has 2 aromatic rings. The van der Waals surface area contributed by atoms with Crippen molar-refractivity contribution >= 4 is 17.8 Å². The molecule has 0 radical (unpaired) electrons. The molecule has 184 valence electrons. The number of aliphatic hydroxyl groups is 1. The lowest BCUT2D eigenvalue weighted by Crippen LogP contribution is -2.78. The lowest BCUT2D eigenvalue weighted by molar-refractivity contribution is -0.459. The van der Waals surface area contributed by atoms with E-state index in [9.17, 15) is 14.7 Å². The summed E-state index contributed by atoms with van der Waals surface area (Å²) < 4.78 is 0. The van der Waals surface area contributed by atoms with Crippen LogP contribution in [0.4, 0.5) is 0 Å². The molecule has 0 bridgehead atoms. The number of benzene rings is 2. The third-order valence-corrected chi connectivity index (χ3v) is 5.36. The van der Waals surface area contributed by atoms with E-state index < -0.39 is 36.0 Å². The molecule has 0 aromatic heterocycles. The van der Waals surface area contributed by atoms with Crippen molar-refractivity contribution in [3.05, 3.63) is 78.7 Å². The molecule has 0 aliphatic rings. The molecule has 9 heteroatoms. The van der Waals surface area contributed by atoms with Crippen LogP contribution in [0.1, 0.15) is 24.0 Å². The molecule has 34 heavy (non-hydrogen) atoms. The third kappa shape index (κ3) is 9.60. The molecule has 4 atom stereocenters. The van der Waals surface area contributed by atoms with Gasteiger partial charge in [-0.2, -0.15) is 0 Å². The average molecular weight is 469 g/mol. The minimum absolute atomic E-state index is 0.105. The van der Waals surface area contributed by atoms with Gasteiger partial charge < -0.3 is 28.4 Å². The van der Waals surface area contributed by atoms with E-state index in [2.05, 4.69) is 22.5 Å².